The van der Waals surface area contributed by atoms with Gasteiger partial charge in [-0.3, -0.25) is 20.2 Å². The van der Waals surface area contributed by atoms with Crippen LogP contribution in [0.4, 0.5) is 17.1 Å². The van der Waals surface area contributed by atoms with Crippen LogP contribution in [0.5, 0.6) is 0 Å². The van der Waals surface area contributed by atoms with E-state index in [-0.39, 0.29) is 11.4 Å². The molecule has 0 N–H and O–H groups in total. The quantitative estimate of drug-likeness (QED) is 0.243. The third-order valence-corrected chi connectivity index (χ3v) is 5.05. The molecule has 0 atom stereocenters. The molecule has 2 aromatic carbocycles. The summed E-state index contributed by atoms with van der Waals surface area (Å²) in [5.74, 6) is 0. The predicted molar refractivity (Wildman–Crippen MR) is 122 cm³/mol. The molecule has 0 saturated carbocycles. The molecule has 2 aromatic rings. The lowest BCUT2D eigenvalue weighted by atomic mass is 10.0. The fraction of sp³-hybridized carbons (Fsp3) is 0.391. The Morgan fingerprint density at radius 1 is 0.867 bits per heavy atom. The van der Waals surface area contributed by atoms with Crippen LogP contribution in [0.15, 0.2) is 36.4 Å². The molecule has 0 radical (unpaired) electrons. The lowest BCUT2D eigenvalue weighted by Gasteiger charge is -2.25. The minimum Gasteiger partial charge on any atom is -0.372 e. The summed E-state index contributed by atoms with van der Waals surface area (Å²) >= 11 is 0. The summed E-state index contributed by atoms with van der Waals surface area (Å²) < 4.78 is 0. The molecule has 0 bridgehead atoms. The van der Waals surface area contributed by atoms with E-state index in [1.807, 2.05) is 19.1 Å². The average molecular weight is 412 g/mol. The van der Waals surface area contributed by atoms with Crippen LogP contribution in [-0.2, 0) is 0 Å². The zero-order chi connectivity index (χ0) is 22.1. The van der Waals surface area contributed by atoms with E-state index in [0.29, 0.717) is 5.56 Å². The van der Waals surface area contributed by atoms with E-state index in [2.05, 4.69) is 30.9 Å². The van der Waals surface area contributed by atoms with Crippen molar-refractivity contribution in [1.29, 1.82) is 0 Å². The number of nitro benzene ring substituents is 2. The van der Waals surface area contributed by atoms with Crippen molar-refractivity contribution >= 4 is 29.2 Å². The summed E-state index contributed by atoms with van der Waals surface area (Å²) in [6.07, 6.45) is 8.04. The molecule has 2 rings (SSSR count). The first-order chi connectivity index (χ1) is 14.4. The second kappa shape index (κ2) is 11.1. The number of rotatable bonds is 11. The molecule has 0 fully saturated rings. The van der Waals surface area contributed by atoms with Crippen LogP contribution < -0.4 is 4.90 Å². The van der Waals surface area contributed by atoms with Crippen molar-refractivity contribution in [2.24, 2.45) is 0 Å². The summed E-state index contributed by atoms with van der Waals surface area (Å²) in [5.41, 5.74) is 2.98. The molecule has 0 heterocycles. The molecule has 0 aliphatic carbocycles. The SMILES string of the molecule is CCCCN(CCCC)c1ccc(C=Cc2ccc([N+](=O)[O-])cc2[N+](=O)[O-])c(C)c1. The van der Waals surface area contributed by atoms with Gasteiger partial charge in [-0.15, -0.1) is 0 Å². The maximum Gasteiger partial charge on any atom is 0.283 e. The Balaban J connectivity index is 2.28. The largest absolute Gasteiger partial charge is 0.372 e. The molecule has 0 amide bonds. The molecule has 0 aliphatic heterocycles. The molecular formula is C23H29N3O4. The highest BCUT2D eigenvalue weighted by molar-refractivity contribution is 5.76. The van der Waals surface area contributed by atoms with Gasteiger partial charge in [-0.05, 0) is 55.2 Å². The van der Waals surface area contributed by atoms with Gasteiger partial charge in [0.15, 0.2) is 0 Å². The maximum absolute atomic E-state index is 11.3. The minimum absolute atomic E-state index is 0.278. The van der Waals surface area contributed by atoms with Gasteiger partial charge in [0.1, 0.15) is 0 Å². The van der Waals surface area contributed by atoms with Gasteiger partial charge in [0, 0.05) is 24.8 Å². The first-order valence-corrected chi connectivity index (χ1v) is 10.3. The van der Waals surface area contributed by atoms with Gasteiger partial charge in [0.05, 0.1) is 21.5 Å². The van der Waals surface area contributed by atoms with Crippen molar-refractivity contribution in [3.63, 3.8) is 0 Å². The maximum atomic E-state index is 11.3. The molecule has 7 nitrogen and oxygen atoms in total. The summed E-state index contributed by atoms with van der Waals surface area (Å²) in [6.45, 7) is 8.45. The normalized spacial score (nSPS) is 11.0. The first-order valence-electron chi connectivity index (χ1n) is 10.3. The Morgan fingerprint density at radius 2 is 1.47 bits per heavy atom. The Kier molecular flexibility index (Phi) is 8.53. The van der Waals surface area contributed by atoms with Gasteiger partial charge in [-0.2, -0.15) is 0 Å². The lowest BCUT2D eigenvalue weighted by molar-refractivity contribution is -0.394. The Bertz CT molecular complexity index is 917. The standard InChI is InChI=1S/C23H29N3O4/c1-4-6-14-24(15-7-5-2)21-12-10-19(18(3)16-21)8-9-20-11-13-22(25(27)28)17-23(20)26(29)30/h8-13,16-17H,4-7,14-15H2,1-3H3. The van der Waals surface area contributed by atoms with Crippen molar-refractivity contribution in [2.45, 2.75) is 46.5 Å². The van der Waals surface area contributed by atoms with Crippen LogP contribution in [0.2, 0.25) is 0 Å². The van der Waals surface area contributed by atoms with Gasteiger partial charge in [0.25, 0.3) is 11.4 Å². The summed E-state index contributed by atoms with van der Waals surface area (Å²) in [7, 11) is 0. The average Bonchev–Trinajstić information content (AvgIpc) is 2.72. The van der Waals surface area contributed by atoms with Crippen LogP contribution in [0.3, 0.4) is 0 Å². The highest BCUT2D eigenvalue weighted by atomic mass is 16.6. The number of aryl methyl sites for hydroxylation is 1. The highest BCUT2D eigenvalue weighted by Crippen LogP contribution is 2.27. The van der Waals surface area contributed by atoms with Crippen LogP contribution in [0, 0.1) is 27.2 Å². The van der Waals surface area contributed by atoms with Gasteiger partial charge in [-0.1, -0.05) is 38.8 Å². The van der Waals surface area contributed by atoms with E-state index in [4.69, 9.17) is 0 Å². The van der Waals surface area contributed by atoms with Gasteiger partial charge in [-0.25, -0.2) is 0 Å². The van der Waals surface area contributed by atoms with Crippen molar-refractivity contribution in [1.82, 2.24) is 0 Å². The second-order valence-electron chi connectivity index (χ2n) is 7.33. The number of non-ortho nitro benzene ring substituents is 1. The van der Waals surface area contributed by atoms with Gasteiger partial charge >= 0.3 is 0 Å². The number of nitrogens with zero attached hydrogens (tertiary/aromatic N) is 3. The number of hydrogen-bond acceptors (Lipinski definition) is 5. The molecule has 0 aromatic heterocycles. The van der Waals surface area contributed by atoms with Gasteiger partial charge < -0.3 is 4.90 Å². The van der Waals surface area contributed by atoms with Crippen LogP contribution >= 0.6 is 0 Å². The summed E-state index contributed by atoms with van der Waals surface area (Å²) in [6, 6.07) is 9.94. The fourth-order valence-electron chi connectivity index (χ4n) is 3.24. The van der Waals surface area contributed by atoms with E-state index in [1.54, 1.807) is 6.08 Å². The van der Waals surface area contributed by atoms with E-state index in [9.17, 15) is 20.2 Å². The van der Waals surface area contributed by atoms with E-state index < -0.39 is 9.85 Å². The number of anilines is 1. The third-order valence-electron chi connectivity index (χ3n) is 5.05. The molecule has 0 unspecified atom stereocenters. The molecule has 0 spiro atoms. The smallest absolute Gasteiger partial charge is 0.283 e. The molecular weight excluding hydrogens is 382 g/mol. The zero-order valence-corrected chi connectivity index (χ0v) is 17.8. The first kappa shape index (κ1) is 23.1. The van der Waals surface area contributed by atoms with Crippen molar-refractivity contribution in [3.8, 4) is 0 Å². The zero-order valence-electron chi connectivity index (χ0n) is 17.8. The molecule has 0 aliphatic rings. The molecule has 30 heavy (non-hydrogen) atoms. The van der Waals surface area contributed by atoms with E-state index in [0.717, 1.165) is 56.0 Å². The molecule has 7 heteroatoms. The minimum atomic E-state index is -0.633. The third kappa shape index (κ3) is 6.14. The van der Waals surface area contributed by atoms with Crippen LogP contribution in [-0.4, -0.2) is 22.9 Å². The molecule has 0 saturated heterocycles. The Hall–Kier alpha value is -3.22. The Labute approximate surface area is 177 Å². The number of benzene rings is 2. The Morgan fingerprint density at radius 3 is 2.00 bits per heavy atom. The fourth-order valence-corrected chi connectivity index (χ4v) is 3.24. The van der Waals surface area contributed by atoms with Crippen LogP contribution in [0.1, 0.15) is 56.2 Å². The number of hydrogen-bond donors (Lipinski definition) is 0. The van der Waals surface area contributed by atoms with Crippen LogP contribution in [0.25, 0.3) is 12.2 Å². The van der Waals surface area contributed by atoms with Crippen molar-refractivity contribution in [3.05, 3.63) is 73.3 Å². The number of nitro groups is 2. The summed E-state index contributed by atoms with van der Waals surface area (Å²) in [5, 5.41) is 22.2. The number of unbranched alkanes of at least 4 members (excludes halogenated alkanes) is 2. The van der Waals surface area contributed by atoms with E-state index >= 15 is 0 Å². The van der Waals surface area contributed by atoms with Crippen molar-refractivity contribution < 1.29 is 9.85 Å². The topological polar surface area (TPSA) is 89.5 Å². The molecule has 160 valence electrons. The summed E-state index contributed by atoms with van der Waals surface area (Å²) in [4.78, 5) is 23.4. The van der Waals surface area contributed by atoms with Gasteiger partial charge in [0.2, 0.25) is 0 Å². The second-order valence-corrected chi connectivity index (χ2v) is 7.33. The highest BCUT2D eigenvalue weighted by Gasteiger charge is 2.17. The van der Waals surface area contributed by atoms with E-state index in [1.165, 1.54) is 17.8 Å². The monoisotopic (exact) mass is 411 g/mol. The van der Waals surface area contributed by atoms with Crippen molar-refractivity contribution in [2.75, 3.05) is 18.0 Å². The lowest BCUT2D eigenvalue weighted by Crippen LogP contribution is -2.25. The predicted octanol–water partition coefficient (Wildman–Crippen LogP) is 6.39.